The molecule has 2 N–H and O–H groups in total. The molecule has 0 aliphatic carbocycles. The Hall–Kier alpha value is -1.43. The Balaban J connectivity index is 1.72. The van der Waals surface area contributed by atoms with Crippen LogP contribution in [-0.2, 0) is 16.7 Å². The number of halogens is 5. The van der Waals surface area contributed by atoms with Crippen molar-refractivity contribution in [2.75, 3.05) is 32.7 Å². The van der Waals surface area contributed by atoms with E-state index in [1.54, 1.807) is 4.72 Å². The number of rotatable bonds is 8. The van der Waals surface area contributed by atoms with Gasteiger partial charge in [0.15, 0.2) is 0 Å². The zero-order chi connectivity index (χ0) is 21.7. The molecule has 0 spiro atoms. The van der Waals surface area contributed by atoms with Crippen molar-refractivity contribution in [1.82, 2.24) is 14.9 Å². The fourth-order valence-corrected chi connectivity index (χ4v) is 3.81. The highest BCUT2D eigenvalue weighted by molar-refractivity contribution is 7.90. The molecule has 0 aromatic heterocycles. The van der Waals surface area contributed by atoms with Crippen molar-refractivity contribution in [2.24, 2.45) is 5.92 Å². The predicted molar refractivity (Wildman–Crippen MR) is 101 cm³/mol. The zero-order valence-electron chi connectivity index (χ0n) is 15.4. The maximum atomic E-state index is 12.8. The number of carbonyl (C=O) groups is 1. The second-order valence-electron chi connectivity index (χ2n) is 6.82. The van der Waals surface area contributed by atoms with Crippen LogP contribution in [-0.4, -0.2) is 57.5 Å². The third-order valence-electron chi connectivity index (χ3n) is 4.66. The molecule has 0 unspecified atom stereocenters. The number of nitrogens with zero attached hydrogens (tertiary/aromatic N) is 1. The number of nitrogens with one attached hydrogen (secondary N) is 2. The summed E-state index contributed by atoms with van der Waals surface area (Å²) in [5, 5.41) is 3.06. The molecule has 1 fully saturated rings. The minimum absolute atomic E-state index is 0.170. The Kier molecular flexibility index (Phi) is 8.27. The molecule has 1 heterocycles. The van der Waals surface area contributed by atoms with Crippen LogP contribution in [0.15, 0.2) is 18.2 Å². The lowest BCUT2D eigenvalue weighted by Crippen LogP contribution is -2.44. The van der Waals surface area contributed by atoms with Crippen LogP contribution in [0.5, 0.6) is 0 Å². The van der Waals surface area contributed by atoms with E-state index in [0.29, 0.717) is 38.0 Å². The Morgan fingerprint density at radius 2 is 1.86 bits per heavy atom. The number of piperidine rings is 1. The smallest absolute Gasteiger partial charge is 0.352 e. The lowest BCUT2D eigenvalue weighted by Gasteiger charge is -2.32. The second-order valence-corrected chi connectivity index (χ2v) is 9.02. The molecule has 1 aromatic rings. The minimum atomic E-state index is -5.32. The monoisotopic (exact) mass is 459 g/mol. The number of carbonyl (C=O) groups excluding carboxylic acids is 1. The molecule has 6 nitrogen and oxygen atoms in total. The second kappa shape index (κ2) is 10.1. The lowest BCUT2D eigenvalue weighted by atomic mass is 9.96. The van der Waals surface area contributed by atoms with Gasteiger partial charge in [-0.3, -0.25) is 4.79 Å². The first kappa shape index (κ1) is 23.8. The van der Waals surface area contributed by atoms with Gasteiger partial charge in [-0.2, -0.15) is 13.2 Å². The van der Waals surface area contributed by atoms with E-state index >= 15 is 0 Å². The van der Waals surface area contributed by atoms with E-state index in [2.05, 4.69) is 5.32 Å². The topological polar surface area (TPSA) is 78.5 Å². The van der Waals surface area contributed by atoms with Crippen LogP contribution >= 0.6 is 11.6 Å². The highest BCUT2D eigenvalue weighted by atomic mass is 35.5. The molecule has 1 saturated heterocycles. The van der Waals surface area contributed by atoms with E-state index in [0.717, 1.165) is 0 Å². The molecular formula is C17H22ClF4N3O3S. The maximum absolute atomic E-state index is 12.8. The molecule has 1 aliphatic heterocycles. The maximum Gasteiger partial charge on any atom is 0.511 e. The summed E-state index contributed by atoms with van der Waals surface area (Å²) in [6.07, 6.45) is 1.41. The quantitative estimate of drug-likeness (QED) is 0.586. The first-order chi connectivity index (χ1) is 13.5. The average molecular weight is 460 g/mol. The Morgan fingerprint density at radius 3 is 2.45 bits per heavy atom. The van der Waals surface area contributed by atoms with Crippen LogP contribution in [0.1, 0.15) is 28.8 Å². The number of benzene rings is 1. The van der Waals surface area contributed by atoms with Gasteiger partial charge in [-0.1, -0.05) is 11.6 Å². The fourth-order valence-electron chi connectivity index (χ4n) is 3.03. The molecule has 2 rings (SSSR count). The Labute approximate surface area is 171 Å². The number of sulfonamides is 1. The normalized spacial score (nSPS) is 16.7. The van der Waals surface area contributed by atoms with Crippen molar-refractivity contribution in [3.05, 3.63) is 34.3 Å². The molecular weight excluding hydrogens is 438 g/mol. The molecule has 12 heteroatoms. The minimum Gasteiger partial charge on any atom is -0.352 e. The molecule has 0 radical (unpaired) electrons. The summed E-state index contributed by atoms with van der Waals surface area (Å²) in [4.78, 5) is 14.1. The third kappa shape index (κ3) is 7.09. The first-order valence-corrected chi connectivity index (χ1v) is 10.8. The molecule has 0 saturated carbocycles. The lowest BCUT2D eigenvalue weighted by molar-refractivity contribution is -0.0448. The van der Waals surface area contributed by atoms with Crippen LogP contribution < -0.4 is 10.0 Å². The van der Waals surface area contributed by atoms with Gasteiger partial charge >= 0.3 is 15.5 Å². The molecule has 1 aliphatic rings. The zero-order valence-corrected chi connectivity index (χ0v) is 17.0. The number of likely N-dealkylation sites (tertiary alicyclic amines) is 1. The standard InChI is InChI=1S/C17H22ClF4N3O3S/c18-15-8-13(10-19)7-14(9-15)16(26)23-11-12-1-4-25(5-2-12)6-3-24-29(27,28)17(20,21)22/h7-9,12,24H,1-6,10-11H2,(H,23,26). The van der Waals surface area contributed by atoms with Gasteiger partial charge < -0.3 is 10.2 Å². The third-order valence-corrected chi connectivity index (χ3v) is 6.07. The van der Waals surface area contributed by atoms with Gasteiger partial charge in [0.25, 0.3) is 5.91 Å². The number of alkyl halides is 4. The van der Waals surface area contributed by atoms with E-state index in [1.165, 1.54) is 18.2 Å². The summed E-state index contributed by atoms with van der Waals surface area (Å²) in [6, 6.07) is 4.34. The van der Waals surface area contributed by atoms with Gasteiger partial charge in [-0.25, -0.2) is 17.5 Å². The molecule has 0 atom stereocenters. The van der Waals surface area contributed by atoms with Crippen molar-refractivity contribution in [1.29, 1.82) is 0 Å². The van der Waals surface area contributed by atoms with Crippen molar-refractivity contribution < 1.29 is 30.8 Å². The average Bonchev–Trinajstić information content (AvgIpc) is 2.65. The molecule has 0 bridgehead atoms. The van der Waals surface area contributed by atoms with Crippen LogP contribution in [0.4, 0.5) is 17.6 Å². The summed E-state index contributed by atoms with van der Waals surface area (Å²) < 4.78 is 73.0. The van der Waals surface area contributed by atoms with Gasteiger partial charge in [0.2, 0.25) is 0 Å². The number of amides is 1. The summed E-state index contributed by atoms with van der Waals surface area (Å²) in [7, 11) is -5.32. The highest BCUT2D eigenvalue weighted by Gasteiger charge is 2.45. The summed E-state index contributed by atoms with van der Waals surface area (Å²) in [6.45, 7) is 0.690. The van der Waals surface area contributed by atoms with Crippen molar-refractivity contribution in [3.8, 4) is 0 Å². The van der Waals surface area contributed by atoms with Crippen LogP contribution in [0.2, 0.25) is 5.02 Å². The van der Waals surface area contributed by atoms with Gasteiger partial charge in [0.1, 0.15) is 6.67 Å². The SMILES string of the molecule is O=C(NCC1CCN(CCNS(=O)(=O)C(F)(F)F)CC1)c1cc(Cl)cc(CF)c1. The van der Waals surface area contributed by atoms with Crippen molar-refractivity contribution in [3.63, 3.8) is 0 Å². The summed E-state index contributed by atoms with van der Waals surface area (Å²) >= 11 is 5.88. The van der Waals surface area contributed by atoms with Gasteiger partial charge in [0, 0.05) is 30.2 Å². The molecule has 1 aromatic carbocycles. The van der Waals surface area contributed by atoms with Crippen LogP contribution in [0, 0.1) is 5.92 Å². The first-order valence-electron chi connectivity index (χ1n) is 8.94. The van der Waals surface area contributed by atoms with E-state index in [1.807, 2.05) is 4.90 Å². The van der Waals surface area contributed by atoms with Gasteiger partial charge in [-0.05, 0) is 55.6 Å². The van der Waals surface area contributed by atoms with Crippen molar-refractivity contribution >= 4 is 27.5 Å². The number of hydrogen-bond donors (Lipinski definition) is 2. The Bertz CT molecular complexity index is 813. The highest BCUT2D eigenvalue weighted by Crippen LogP contribution is 2.22. The Morgan fingerprint density at radius 1 is 1.21 bits per heavy atom. The summed E-state index contributed by atoms with van der Waals surface area (Å²) in [5.74, 6) is -0.173. The molecule has 29 heavy (non-hydrogen) atoms. The van der Waals surface area contributed by atoms with Crippen molar-refractivity contribution in [2.45, 2.75) is 25.0 Å². The van der Waals surface area contributed by atoms with E-state index < -0.39 is 22.2 Å². The molecule has 164 valence electrons. The van der Waals surface area contributed by atoms with Crippen LogP contribution in [0.25, 0.3) is 0 Å². The van der Waals surface area contributed by atoms with Gasteiger partial charge in [-0.15, -0.1) is 0 Å². The van der Waals surface area contributed by atoms with E-state index in [9.17, 15) is 30.8 Å². The van der Waals surface area contributed by atoms with Gasteiger partial charge in [0.05, 0.1) is 0 Å². The van der Waals surface area contributed by atoms with E-state index in [-0.39, 0.29) is 35.5 Å². The largest absolute Gasteiger partial charge is 0.511 e. The fraction of sp³-hybridized carbons (Fsp3) is 0.588. The summed E-state index contributed by atoms with van der Waals surface area (Å²) in [5.41, 5.74) is -4.72. The van der Waals surface area contributed by atoms with Crippen LogP contribution in [0.3, 0.4) is 0 Å². The van der Waals surface area contributed by atoms with E-state index in [4.69, 9.17) is 11.6 Å². The molecule has 1 amide bonds. The number of hydrogen-bond acceptors (Lipinski definition) is 4. The predicted octanol–water partition coefficient (Wildman–Crippen LogP) is 2.69.